The third-order valence-corrected chi connectivity index (χ3v) is 25.6. The smallest absolute Gasteiger partial charge is 0.295 e. The maximum Gasteiger partial charge on any atom is 0.295 e. The summed E-state index contributed by atoms with van der Waals surface area (Å²) in [4.78, 5) is 39.5. The van der Waals surface area contributed by atoms with Crippen molar-refractivity contribution in [3.63, 3.8) is 0 Å². The lowest BCUT2D eigenvalue weighted by Crippen LogP contribution is -2.37. The predicted molar refractivity (Wildman–Crippen MR) is 417 cm³/mol. The zero-order valence-corrected chi connectivity index (χ0v) is 66.1. The van der Waals surface area contributed by atoms with Crippen molar-refractivity contribution in [2.75, 3.05) is 52.4 Å². The number of nitrogens with zero attached hydrogens (tertiary/aromatic N) is 10. The van der Waals surface area contributed by atoms with Crippen molar-refractivity contribution in [2.45, 2.75) is 80.7 Å². The van der Waals surface area contributed by atoms with Crippen LogP contribution in [0.15, 0.2) is 193 Å². The van der Waals surface area contributed by atoms with Crippen LogP contribution in [0.5, 0.6) is 0 Å². The Hall–Kier alpha value is -12.6. The van der Waals surface area contributed by atoms with Gasteiger partial charge in [0.2, 0.25) is 73.8 Å². The summed E-state index contributed by atoms with van der Waals surface area (Å²) < 4.78 is 192. The van der Waals surface area contributed by atoms with Gasteiger partial charge in [-0.1, -0.05) is 36.4 Å². The van der Waals surface area contributed by atoms with E-state index >= 15 is 0 Å². The molecule has 630 valence electrons. The number of aromatic amines is 6. The third kappa shape index (κ3) is 25.7. The van der Waals surface area contributed by atoms with E-state index in [2.05, 4.69) is 59.9 Å². The predicted octanol–water partition coefficient (Wildman–Crippen LogP) is 2.18. The van der Waals surface area contributed by atoms with Gasteiger partial charge in [0, 0.05) is 102 Å². The maximum atomic E-state index is 14.1. The molecule has 0 saturated heterocycles. The minimum atomic E-state index is -5.51. The SMILES string of the molecule is N=C([O-])CCN(CCC(=N)[O-])S(=O)(=O)c1cccc(N=c2[nH]c(=Nc3cccc(S(=O)(=O)N(CCC(=N)O)CCC(=N)O)c3)[nH]c(=Nc3ccc(-c4ccc(N=c5[nH]c(=Nc6cccc(S(=O)(=O)N(CCC(=N)O)CCC(=N)O)c6)[nH]c(=Nc6cccc(S(=O)(=O)N(CCC(=N)O)CCC(=N)O)c6)[nH]5)cc4S(=O)(=O)O)c(S(=O)(=O)O)c3)[nH]2)c1. The Kier molecular flexibility index (Phi) is 29.9. The van der Waals surface area contributed by atoms with Crippen LogP contribution in [0.1, 0.15) is 51.4 Å². The van der Waals surface area contributed by atoms with Gasteiger partial charge < -0.3 is 51.7 Å². The van der Waals surface area contributed by atoms with Gasteiger partial charge in [0.25, 0.3) is 20.2 Å². The van der Waals surface area contributed by atoms with Gasteiger partial charge in [-0.3, -0.25) is 71.5 Å². The summed E-state index contributed by atoms with van der Waals surface area (Å²) in [5.41, 5.74) is -4.86. The summed E-state index contributed by atoms with van der Waals surface area (Å²) >= 11 is 0. The molecule has 0 amide bonds. The lowest BCUT2D eigenvalue weighted by Gasteiger charge is -2.24. The van der Waals surface area contributed by atoms with Crippen LogP contribution in [0.2, 0.25) is 0 Å². The van der Waals surface area contributed by atoms with Crippen LogP contribution in [0.4, 0.5) is 34.1 Å². The van der Waals surface area contributed by atoms with Gasteiger partial charge in [-0.2, -0.15) is 34.1 Å². The average molecular weight is 1750 g/mol. The molecule has 0 aliphatic heterocycles. The molecule has 2 aromatic heterocycles. The molecule has 0 spiro atoms. The van der Waals surface area contributed by atoms with E-state index in [0.717, 1.165) is 90.0 Å². The molecule has 0 bridgehead atoms. The summed E-state index contributed by atoms with van der Waals surface area (Å²) in [6, 6.07) is 24.9. The molecule has 0 unspecified atom stereocenters. The number of benzene rings is 6. The second-order valence-electron chi connectivity index (χ2n) is 25.0. The lowest BCUT2D eigenvalue weighted by atomic mass is 10.0. The van der Waals surface area contributed by atoms with Crippen molar-refractivity contribution in [1.82, 2.24) is 47.1 Å². The quantitative estimate of drug-likeness (QED) is 0.0148. The van der Waals surface area contributed by atoms with Gasteiger partial charge >= 0.3 is 0 Å². The van der Waals surface area contributed by atoms with Gasteiger partial charge in [-0.25, -0.2) is 63.6 Å². The topological polar surface area (TPSA) is 785 Å². The van der Waals surface area contributed by atoms with E-state index < -0.39 is 269 Å². The van der Waals surface area contributed by atoms with Crippen molar-refractivity contribution >= 4 is 142 Å². The van der Waals surface area contributed by atoms with E-state index in [4.69, 9.17) is 43.3 Å². The van der Waals surface area contributed by atoms with E-state index in [1.54, 1.807) is 0 Å². The van der Waals surface area contributed by atoms with E-state index in [0.29, 0.717) is 0 Å². The summed E-state index contributed by atoms with van der Waals surface area (Å²) in [5, 5.41) is 141. The molecule has 46 nitrogen and oxygen atoms in total. The van der Waals surface area contributed by atoms with Crippen molar-refractivity contribution in [3.8, 4) is 11.1 Å². The highest BCUT2D eigenvalue weighted by Crippen LogP contribution is 2.37. The van der Waals surface area contributed by atoms with Crippen molar-refractivity contribution in [2.24, 2.45) is 30.0 Å². The molecule has 8 rings (SSSR count). The fraction of sp³-hybridized carbons (Fsp3) is 0.242. The molecule has 22 N–H and O–H groups in total. The first-order valence-corrected chi connectivity index (χ1v) is 42.8. The molecule has 0 saturated carbocycles. The van der Waals surface area contributed by atoms with Crippen LogP contribution in [0.3, 0.4) is 0 Å². The molecule has 0 fully saturated rings. The molecule has 118 heavy (non-hydrogen) atoms. The Morgan fingerprint density at radius 1 is 0.288 bits per heavy atom. The summed E-state index contributed by atoms with van der Waals surface area (Å²) in [6.45, 7) is -3.87. The fourth-order valence-electron chi connectivity index (χ4n) is 10.7. The van der Waals surface area contributed by atoms with Crippen LogP contribution in [0.25, 0.3) is 11.1 Å². The monoisotopic (exact) mass is 1750 g/mol. The van der Waals surface area contributed by atoms with E-state index in [9.17, 15) is 100 Å². The molecule has 2 heterocycles. The number of rotatable bonds is 41. The zero-order chi connectivity index (χ0) is 86.8. The van der Waals surface area contributed by atoms with Gasteiger partial charge in [-0.05, 0) is 122 Å². The van der Waals surface area contributed by atoms with Gasteiger partial charge in [0.05, 0.1) is 53.7 Å². The number of hydrogen-bond donors (Lipinski definition) is 22. The largest absolute Gasteiger partial charge is 0.862 e. The Morgan fingerprint density at radius 2 is 0.475 bits per heavy atom. The number of H-pyrrole nitrogens is 6. The molecular weight excluding hydrogens is 1670 g/mol. The number of sulfonamides is 4. The summed E-state index contributed by atoms with van der Waals surface area (Å²) in [6.07, 6.45) is -3.90. The molecule has 0 atom stereocenters. The van der Waals surface area contributed by atoms with E-state index in [-0.39, 0.29) is 50.9 Å². The molecule has 6 aromatic carbocycles. The van der Waals surface area contributed by atoms with Crippen LogP contribution >= 0.6 is 0 Å². The Bertz CT molecular complexity index is 5730. The van der Waals surface area contributed by atoms with Crippen LogP contribution in [-0.2, 0) is 60.3 Å². The highest BCUT2D eigenvalue weighted by molar-refractivity contribution is 7.90. The third-order valence-electron chi connectivity index (χ3n) is 16.2. The Labute approximate surface area is 669 Å². The van der Waals surface area contributed by atoms with Crippen LogP contribution in [-0.4, -0.2) is 237 Å². The van der Waals surface area contributed by atoms with Crippen molar-refractivity contribution in [3.05, 3.63) is 167 Å². The Balaban J connectivity index is 1.31. The number of aliphatic hydroxyl groups excluding tert-OH is 6. The number of aliphatic hydroxyl groups is 6. The van der Waals surface area contributed by atoms with E-state index in [1.807, 2.05) is 0 Å². The molecule has 0 radical (unpaired) electrons. The second-order valence-corrected chi connectivity index (χ2v) is 35.5. The summed E-state index contributed by atoms with van der Waals surface area (Å²) in [7, 11) is -29.3. The molecular formula is C66H76N24O22S6-2. The first-order chi connectivity index (χ1) is 55.3. The number of nitrogens with one attached hydrogen (secondary N) is 14. The molecule has 0 aliphatic rings. The normalized spacial score (nSPS) is 13.2. The van der Waals surface area contributed by atoms with Crippen LogP contribution < -0.4 is 43.9 Å². The van der Waals surface area contributed by atoms with Crippen LogP contribution in [0, 0.1) is 43.3 Å². The van der Waals surface area contributed by atoms with Gasteiger partial charge in [0.15, 0.2) is 35.4 Å². The van der Waals surface area contributed by atoms with E-state index in [1.165, 1.54) is 60.7 Å². The molecule has 8 aromatic rings. The number of aromatic nitrogens is 6. The average Bonchev–Trinajstić information content (AvgIpc) is 0.763. The van der Waals surface area contributed by atoms with Gasteiger partial charge in [-0.15, -0.1) is 0 Å². The summed E-state index contributed by atoms with van der Waals surface area (Å²) in [5.74, 6) is -7.49. The maximum absolute atomic E-state index is 14.1. The lowest BCUT2D eigenvalue weighted by molar-refractivity contribution is -0.220. The first kappa shape index (κ1) is 90.9. The Morgan fingerprint density at radius 3 is 0.653 bits per heavy atom. The first-order valence-electron chi connectivity index (χ1n) is 34.1. The van der Waals surface area contributed by atoms with Crippen molar-refractivity contribution < 1.29 is 100 Å². The minimum Gasteiger partial charge on any atom is -0.862 e. The number of hydrogen-bond acceptors (Lipinski definition) is 28. The highest BCUT2D eigenvalue weighted by atomic mass is 32.2. The second kappa shape index (κ2) is 38.9. The molecule has 52 heteroatoms. The zero-order valence-electron chi connectivity index (χ0n) is 61.2. The standard InChI is InChI=1S/C66H78N24O22S6/c67-53(91)17-25-87(26-18-54(68)92)113(99,100)45-9-1-5-39(33-45)75-61-81-62(76-40-6-2-10-46(34-40)114(101,102)88(27-19-55(69)93)28-20-56(70)94)84-65(83-61)79-43-13-15-49(51(37-43)117(107,108)109)50-16-14-44(38-52(50)118(110,111)112)80-66-85-63(77-41-7-3-11-47(35-41)115(103,104)89(29-21-57(71)95)30-22-58(72)96)82-64(86-66)78-42-8-4-12-48(36-42)116(105,106)90(31-23-59(73)97)32-24-60(74)98/h1-16,33-38H,17-32H2,(H2,67,91)(H2,68,92)(H2,69,93)(H2,70,94)(H2,71,95)(H2,72,96)(H2,73,97)(H2,74,98)(H,107,108,109)(H,110,111,112)(H3,75,76,79,81,83,84)(H3,77,78,80,82,85,86)/p-2. The fourth-order valence-corrected chi connectivity index (χ4v) is 18.1. The highest BCUT2D eigenvalue weighted by Gasteiger charge is 2.31. The molecule has 0 aliphatic carbocycles. The van der Waals surface area contributed by atoms with Gasteiger partial charge in [0.1, 0.15) is 9.79 Å². The minimum absolute atomic E-state index is 0.135. The van der Waals surface area contributed by atoms with Crippen molar-refractivity contribution in [1.29, 1.82) is 43.3 Å².